The van der Waals surface area contributed by atoms with Crippen LogP contribution in [0.15, 0.2) is 146 Å². The van der Waals surface area contributed by atoms with Crippen LogP contribution in [0.2, 0.25) is 0 Å². The molecule has 0 N–H and O–H groups in total. The number of hydrogen-bond donors (Lipinski definition) is 0. The molecule has 0 nitrogen and oxygen atoms in total. The number of rotatable bonds is 3. The zero-order chi connectivity index (χ0) is 27.4. The first kappa shape index (κ1) is 24.1. The van der Waals surface area contributed by atoms with E-state index in [0.29, 0.717) is 5.92 Å². The van der Waals surface area contributed by atoms with Gasteiger partial charge in [-0.05, 0) is 91.6 Å². The van der Waals surface area contributed by atoms with Gasteiger partial charge < -0.3 is 0 Å². The summed E-state index contributed by atoms with van der Waals surface area (Å²) in [4.78, 5) is 0. The van der Waals surface area contributed by atoms with E-state index < -0.39 is 0 Å². The molecule has 0 spiro atoms. The van der Waals surface area contributed by atoms with Crippen LogP contribution < -0.4 is 0 Å². The third-order valence-corrected chi connectivity index (χ3v) is 9.53. The zero-order valence-corrected chi connectivity index (χ0v) is 23.3. The Balaban J connectivity index is 1.37. The molecule has 0 amide bonds. The fourth-order valence-corrected chi connectivity index (χ4v) is 7.55. The molecule has 0 radical (unpaired) electrons. The smallest absolute Gasteiger partial charge is 0.0622 e. The SMILES string of the molecule is CC1CCc2ccccc2-c2ccc(-c3ccc4c(c3)C(c3ccccc3)(c3ccccc3)c3ccccc3-4)cc21. The van der Waals surface area contributed by atoms with E-state index in [4.69, 9.17) is 0 Å². The molecule has 2 aliphatic rings. The predicted octanol–water partition coefficient (Wildman–Crippen LogP) is 10.4. The number of benzene rings is 6. The molecule has 196 valence electrons. The van der Waals surface area contributed by atoms with Gasteiger partial charge in [0.25, 0.3) is 0 Å². The van der Waals surface area contributed by atoms with Gasteiger partial charge in [0, 0.05) is 0 Å². The van der Waals surface area contributed by atoms with Crippen molar-refractivity contribution in [2.75, 3.05) is 0 Å². The van der Waals surface area contributed by atoms with Crippen LogP contribution in [0.3, 0.4) is 0 Å². The second-order valence-electron chi connectivity index (χ2n) is 11.7. The molecule has 6 aromatic carbocycles. The van der Waals surface area contributed by atoms with Crippen molar-refractivity contribution in [3.05, 3.63) is 179 Å². The highest BCUT2D eigenvalue weighted by molar-refractivity contribution is 5.88. The van der Waals surface area contributed by atoms with Crippen LogP contribution >= 0.6 is 0 Å². The minimum absolute atomic E-state index is 0.373. The number of fused-ring (bicyclic) bond motifs is 6. The molecule has 0 heteroatoms. The third kappa shape index (κ3) is 3.60. The maximum absolute atomic E-state index is 2.48. The van der Waals surface area contributed by atoms with Crippen molar-refractivity contribution in [3.8, 4) is 33.4 Å². The second kappa shape index (κ2) is 9.46. The fourth-order valence-electron chi connectivity index (χ4n) is 7.55. The highest BCUT2D eigenvalue weighted by atomic mass is 14.5. The van der Waals surface area contributed by atoms with Crippen LogP contribution in [0.1, 0.15) is 52.6 Å². The van der Waals surface area contributed by atoms with Crippen LogP contribution in [0.4, 0.5) is 0 Å². The average molecular weight is 525 g/mol. The van der Waals surface area contributed by atoms with Gasteiger partial charge in [-0.3, -0.25) is 0 Å². The second-order valence-corrected chi connectivity index (χ2v) is 11.7. The van der Waals surface area contributed by atoms with Gasteiger partial charge in [-0.1, -0.05) is 146 Å². The van der Waals surface area contributed by atoms with Gasteiger partial charge in [-0.15, -0.1) is 0 Å². The van der Waals surface area contributed by atoms with E-state index in [1.807, 2.05) is 0 Å². The Labute approximate surface area is 243 Å². The normalized spacial score (nSPS) is 16.2. The van der Waals surface area contributed by atoms with Crippen molar-refractivity contribution in [2.24, 2.45) is 0 Å². The maximum atomic E-state index is 2.48. The van der Waals surface area contributed by atoms with Crippen molar-refractivity contribution < 1.29 is 0 Å². The van der Waals surface area contributed by atoms with E-state index in [9.17, 15) is 0 Å². The summed E-state index contributed by atoms with van der Waals surface area (Å²) in [7, 11) is 0. The molecule has 0 aromatic heterocycles. The molecule has 0 fully saturated rings. The van der Waals surface area contributed by atoms with Gasteiger partial charge >= 0.3 is 0 Å². The van der Waals surface area contributed by atoms with Crippen molar-refractivity contribution in [3.63, 3.8) is 0 Å². The predicted molar refractivity (Wildman–Crippen MR) is 171 cm³/mol. The van der Waals surface area contributed by atoms with E-state index in [0.717, 1.165) is 6.42 Å². The lowest BCUT2D eigenvalue weighted by Gasteiger charge is -2.34. The minimum Gasteiger partial charge on any atom is -0.0622 e. The summed E-state index contributed by atoms with van der Waals surface area (Å²) in [5.41, 5.74) is 15.9. The molecule has 0 bridgehead atoms. The third-order valence-electron chi connectivity index (χ3n) is 9.53. The summed E-state index contributed by atoms with van der Waals surface area (Å²) >= 11 is 0. The van der Waals surface area contributed by atoms with Crippen molar-refractivity contribution in [2.45, 2.75) is 31.1 Å². The van der Waals surface area contributed by atoms with Gasteiger partial charge in [0.2, 0.25) is 0 Å². The molecule has 1 atom stereocenters. The molecular formula is C41H32. The van der Waals surface area contributed by atoms with Crippen LogP contribution in [0, 0.1) is 0 Å². The molecule has 41 heavy (non-hydrogen) atoms. The highest BCUT2D eigenvalue weighted by Gasteiger charge is 2.46. The quantitative estimate of drug-likeness (QED) is 0.216. The van der Waals surface area contributed by atoms with Crippen molar-refractivity contribution in [1.82, 2.24) is 0 Å². The Morgan fingerprint density at radius 3 is 1.78 bits per heavy atom. The first-order valence-corrected chi connectivity index (χ1v) is 14.8. The lowest BCUT2D eigenvalue weighted by atomic mass is 9.67. The lowest BCUT2D eigenvalue weighted by Crippen LogP contribution is -2.28. The Kier molecular flexibility index (Phi) is 5.57. The van der Waals surface area contributed by atoms with E-state index in [2.05, 4.69) is 153 Å². The minimum atomic E-state index is -0.373. The van der Waals surface area contributed by atoms with Crippen LogP contribution in [0.5, 0.6) is 0 Å². The average Bonchev–Trinajstić information content (AvgIpc) is 3.26. The van der Waals surface area contributed by atoms with Gasteiger partial charge in [-0.25, -0.2) is 0 Å². The van der Waals surface area contributed by atoms with E-state index in [-0.39, 0.29) is 5.41 Å². The topological polar surface area (TPSA) is 0 Å². The lowest BCUT2D eigenvalue weighted by molar-refractivity contribution is 0.689. The van der Waals surface area contributed by atoms with Gasteiger partial charge in [-0.2, -0.15) is 0 Å². The molecule has 0 heterocycles. The first-order valence-electron chi connectivity index (χ1n) is 14.8. The summed E-state index contributed by atoms with van der Waals surface area (Å²) in [5, 5.41) is 0. The Bertz CT molecular complexity index is 1860. The van der Waals surface area contributed by atoms with Crippen LogP contribution in [-0.4, -0.2) is 0 Å². The zero-order valence-electron chi connectivity index (χ0n) is 23.3. The summed E-state index contributed by atoms with van der Waals surface area (Å²) in [6.45, 7) is 2.39. The first-order chi connectivity index (χ1) is 20.2. The largest absolute Gasteiger partial charge is 0.0713 e. The van der Waals surface area contributed by atoms with E-state index in [1.165, 1.54) is 73.2 Å². The van der Waals surface area contributed by atoms with Gasteiger partial charge in [0.1, 0.15) is 0 Å². The molecule has 1 unspecified atom stereocenters. The van der Waals surface area contributed by atoms with E-state index >= 15 is 0 Å². The highest BCUT2D eigenvalue weighted by Crippen LogP contribution is 2.56. The Morgan fingerprint density at radius 1 is 0.488 bits per heavy atom. The standard InChI is InChI=1S/C41H32/c1-28-20-21-29-12-8-9-17-34(29)35-24-22-30(26-38(28)35)31-23-25-37-36-18-10-11-19-39(36)41(40(37)27-31,32-13-4-2-5-14-32)33-15-6-3-7-16-33/h2-19,22-28H,20-21H2,1H3. The van der Waals surface area contributed by atoms with Crippen molar-refractivity contribution in [1.29, 1.82) is 0 Å². The number of aryl methyl sites for hydroxylation is 1. The Morgan fingerprint density at radius 2 is 1.05 bits per heavy atom. The maximum Gasteiger partial charge on any atom is 0.0713 e. The van der Waals surface area contributed by atoms with E-state index in [1.54, 1.807) is 0 Å². The molecule has 8 rings (SSSR count). The van der Waals surface area contributed by atoms with Gasteiger partial charge in [0.05, 0.1) is 5.41 Å². The van der Waals surface area contributed by atoms with Crippen LogP contribution in [0.25, 0.3) is 33.4 Å². The van der Waals surface area contributed by atoms with Crippen molar-refractivity contribution >= 4 is 0 Å². The Hall–Kier alpha value is -4.68. The van der Waals surface area contributed by atoms with Crippen LogP contribution in [-0.2, 0) is 11.8 Å². The summed E-state index contributed by atoms with van der Waals surface area (Å²) in [6.07, 6.45) is 2.31. The monoisotopic (exact) mass is 524 g/mol. The molecule has 6 aromatic rings. The molecule has 2 aliphatic carbocycles. The summed E-state index contributed by atoms with van der Waals surface area (Å²) in [6, 6.07) is 54.4. The number of hydrogen-bond acceptors (Lipinski definition) is 0. The molecule has 0 saturated heterocycles. The molecule has 0 saturated carbocycles. The fraction of sp³-hybridized carbons (Fsp3) is 0.122. The molecule has 0 aliphatic heterocycles. The molecular weight excluding hydrogens is 492 g/mol. The summed E-state index contributed by atoms with van der Waals surface area (Å²) < 4.78 is 0. The van der Waals surface area contributed by atoms with Gasteiger partial charge in [0.15, 0.2) is 0 Å². The summed E-state index contributed by atoms with van der Waals surface area (Å²) in [5.74, 6) is 0.517.